The van der Waals surface area contributed by atoms with Gasteiger partial charge in [-0.3, -0.25) is 15.1 Å². The highest BCUT2D eigenvalue weighted by Gasteiger charge is 2.15. The third-order valence-corrected chi connectivity index (χ3v) is 5.31. The third-order valence-electron chi connectivity index (χ3n) is 5.31. The van der Waals surface area contributed by atoms with E-state index in [1.807, 2.05) is 30.3 Å². The fraction of sp³-hybridized carbons (Fsp3) is 0. The zero-order chi connectivity index (χ0) is 20.8. The molecule has 0 spiro atoms. The van der Waals surface area contributed by atoms with Gasteiger partial charge in [-0.15, -0.1) is 0 Å². The zero-order valence-corrected chi connectivity index (χ0v) is 16.2. The van der Waals surface area contributed by atoms with Gasteiger partial charge in [0.05, 0.1) is 23.1 Å². The van der Waals surface area contributed by atoms with Crippen molar-refractivity contribution >= 4 is 21.9 Å². The zero-order valence-electron chi connectivity index (χ0n) is 16.2. The molecule has 4 aromatic heterocycles. The predicted octanol–water partition coefficient (Wildman–Crippen LogP) is 5.37. The van der Waals surface area contributed by atoms with E-state index in [0.717, 1.165) is 50.1 Å². The lowest BCUT2D eigenvalue weighted by Crippen LogP contribution is -1.89. The molecule has 0 fully saturated rings. The maximum atomic E-state index is 13.4. The summed E-state index contributed by atoms with van der Waals surface area (Å²) in [6, 6.07) is 18.4. The Morgan fingerprint density at radius 3 is 2.58 bits per heavy atom. The topological polar surface area (TPSA) is 83.1 Å². The van der Waals surface area contributed by atoms with Crippen LogP contribution in [0.15, 0.2) is 79.3 Å². The molecule has 0 amide bonds. The van der Waals surface area contributed by atoms with E-state index in [1.54, 1.807) is 30.7 Å². The highest BCUT2D eigenvalue weighted by atomic mass is 19.1. The number of aromatic amines is 2. The van der Waals surface area contributed by atoms with Crippen LogP contribution in [0.1, 0.15) is 0 Å². The maximum absolute atomic E-state index is 13.4. The standard InChI is InChI=1S/C24H15FN6/c25-15-6-4-14(5-7-15)16-2-1-3-18-17(16)12-21(28-18)24-23-20(30-31-24)9-8-19(29-23)22-13-26-10-11-27-22/h1-13,28H,(H,30,31). The van der Waals surface area contributed by atoms with Crippen molar-refractivity contribution in [3.05, 3.63) is 85.1 Å². The van der Waals surface area contributed by atoms with Crippen molar-refractivity contribution in [3.8, 4) is 33.9 Å². The van der Waals surface area contributed by atoms with Gasteiger partial charge in [0.1, 0.15) is 22.7 Å². The first-order valence-corrected chi connectivity index (χ1v) is 9.76. The van der Waals surface area contributed by atoms with E-state index in [1.165, 1.54) is 12.1 Å². The summed E-state index contributed by atoms with van der Waals surface area (Å²) < 4.78 is 13.4. The summed E-state index contributed by atoms with van der Waals surface area (Å²) in [5.41, 5.74) is 7.52. The SMILES string of the molecule is Fc1ccc(-c2cccc3[nH]c(-c4n[nH]c5ccc(-c6cnccn6)nc45)cc23)cc1. The molecule has 0 aliphatic carbocycles. The Labute approximate surface area is 175 Å². The number of halogens is 1. The summed E-state index contributed by atoms with van der Waals surface area (Å²) in [4.78, 5) is 16.7. The maximum Gasteiger partial charge on any atom is 0.135 e. The van der Waals surface area contributed by atoms with Crippen LogP contribution in [0, 0.1) is 5.82 Å². The third kappa shape index (κ3) is 2.95. The highest BCUT2D eigenvalue weighted by molar-refractivity contribution is 6.00. The Morgan fingerprint density at radius 1 is 0.839 bits per heavy atom. The van der Waals surface area contributed by atoms with Gasteiger partial charge in [0.2, 0.25) is 0 Å². The number of aromatic nitrogens is 6. The second kappa shape index (κ2) is 6.84. The van der Waals surface area contributed by atoms with E-state index in [2.05, 4.69) is 31.2 Å². The number of nitrogens with one attached hydrogen (secondary N) is 2. The van der Waals surface area contributed by atoms with Crippen LogP contribution < -0.4 is 0 Å². The molecule has 4 heterocycles. The highest BCUT2D eigenvalue weighted by Crippen LogP contribution is 2.34. The van der Waals surface area contributed by atoms with Crippen LogP contribution >= 0.6 is 0 Å². The molecule has 148 valence electrons. The quantitative estimate of drug-likeness (QED) is 0.414. The summed E-state index contributed by atoms with van der Waals surface area (Å²) >= 11 is 0. The van der Waals surface area contributed by atoms with E-state index in [9.17, 15) is 4.39 Å². The predicted molar refractivity (Wildman–Crippen MR) is 118 cm³/mol. The lowest BCUT2D eigenvalue weighted by molar-refractivity contribution is 0.628. The molecule has 0 aliphatic rings. The van der Waals surface area contributed by atoms with Crippen molar-refractivity contribution in [1.82, 2.24) is 30.1 Å². The van der Waals surface area contributed by atoms with E-state index in [0.29, 0.717) is 5.69 Å². The van der Waals surface area contributed by atoms with Crippen LogP contribution in [0.3, 0.4) is 0 Å². The Kier molecular flexibility index (Phi) is 3.86. The van der Waals surface area contributed by atoms with Gasteiger partial charge in [0.15, 0.2) is 0 Å². The molecule has 0 unspecified atom stereocenters. The van der Waals surface area contributed by atoms with E-state index in [-0.39, 0.29) is 5.82 Å². The molecule has 0 atom stereocenters. The monoisotopic (exact) mass is 406 g/mol. The van der Waals surface area contributed by atoms with Crippen molar-refractivity contribution in [3.63, 3.8) is 0 Å². The number of H-pyrrole nitrogens is 2. The smallest absolute Gasteiger partial charge is 0.135 e. The van der Waals surface area contributed by atoms with Gasteiger partial charge in [-0.05, 0) is 47.5 Å². The Morgan fingerprint density at radius 2 is 1.74 bits per heavy atom. The molecule has 0 aliphatic heterocycles. The Balaban J connectivity index is 1.51. The number of pyridine rings is 1. The van der Waals surface area contributed by atoms with Crippen molar-refractivity contribution in [1.29, 1.82) is 0 Å². The minimum absolute atomic E-state index is 0.251. The molecule has 6 rings (SSSR count). The van der Waals surface area contributed by atoms with E-state index < -0.39 is 0 Å². The number of benzene rings is 2. The number of hydrogen-bond donors (Lipinski definition) is 2. The molecule has 7 heteroatoms. The van der Waals surface area contributed by atoms with Gasteiger partial charge < -0.3 is 4.98 Å². The number of fused-ring (bicyclic) bond motifs is 2. The van der Waals surface area contributed by atoms with Gasteiger partial charge in [-0.2, -0.15) is 5.10 Å². The van der Waals surface area contributed by atoms with E-state index >= 15 is 0 Å². The van der Waals surface area contributed by atoms with E-state index in [4.69, 9.17) is 4.98 Å². The molecular weight excluding hydrogens is 391 g/mol. The van der Waals surface area contributed by atoms with Gasteiger partial charge in [-0.25, -0.2) is 9.37 Å². The van der Waals surface area contributed by atoms with Crippen molar-refractivity contribution in [2.24, 2.45) is 0 Å². The lowest BCUT2D eigenvalue weighted by atomic mass is 10.0. The van der Waals surface area contributed by atoms with Gasteiger partial charge >= 0.3 is 0 Å². The Hall–Kier alpha value is -4.39. The largest absolute Gasteiger partial charge is 0.353 e. The molecule has 6 aromatic rings. The average molecular weight is 406 g/mol. The number of hydrogen-bond acceptors (Lipinski definition) is 4. The molecule has 0 saturated carbocycles. The summed E-state index contributed by atoms with van der Waals surface area (Å²) in [5, 5.41) is 8.59. The fourth-order valence-corrected chi connectivity index (χ4v) is 3.82. The minimum Gasteiger partial charge on any atom is -0.353 e. The first-order chi connectivity index (χ1) is 15.3. The second-order valence-electron chi connectivity index (χ2n) is 7.21. The van der Waals surface area contributed by atoms with Crippen molar-refractivity contribution in [2.45, 2.75) is 0 Å². The van der Waals surface area contributed by atoms with Gasteiger partial charge in [-0.1, -0.05) is 24.3 Å². The second-order valence-corrected chi connectivity index (χ2v) is 7.21. The van der Waals surface area contributed by atoms with Gasteiger partial charge in [0.25, 0.3) is 0 Å². The number of nitrogens with zero attached hydrogens (tertiary/aromatic N) is 4. The normalized spacial score (nSPS) is 11.4. The summed E-state index contributed by atoms with van der Waals surface area (Å²) in [7, 11) is 0. The van der Waals surface area contributed by atoms with Gasteiger partial charge in [0, 0.05) is 23.3 Å². The average Bonchev–Trinajstić information content (AvgIpc) is 3.43. The molecule has 6 nitrogen and oxygen atoms in total. The molecule has 2 aromatic carbocycles. The molecule has 2 N–H and O–H groups in total. The van der Waals surface area contributed by atoms with Crippen LogP contribution in [0.25, 0.3) is 55.8 Å². The molecule has 0 bridgehead atoms. The Bertz CT molecular complexity index is 1530. The molecule has 0 saturated heterocycles. The minimum atomic E-state index is -0.251. The summed E-state index contributed by atoms with van der Waals surface area (Å²) in [6.45, 7) is 0. The van der Waals surface area contributed by atoms with Crippen molar-refractivity contribution < 1.29 is 4.39 Å². The fourth-order valence-electron chi connectivity index (χ4n) is 3.82. The van der Waals surface area contributed by atoms with Crippen molar-refractivity contribution in [2.75, 3.05) is 0 Å². The number of rotatable bonds is 3. The molecular formula is C24H15FN6. The summed E-state index contributed by atoms with van der Waals surface area (Å²) in [6.07, 6.45) is 4.96. The lowest BCUT2D eigenvalue weighted by Gasteiger charge is -2.03. The van der Waals surface area contributed by atoms with Crippen LogP contribution in [-0.4, -0.2) is 30.1 Å². The van der Waals surface area contributed by atoms with Crippen LogP contribution in [0.4, 0.5) is 4.39 Å². The molecule has 0 radical (unpaired) electrons. The summed E-state index contributed by atoms with van der Waals surface area (Å²) in [5.74, 6) is -0.251. The van der Waals surface area contributed by atoms with Crippen LogP contribution in [-0.2, 0) is 0 Å². The first-order valence-electron chi connectivity index (χ1n) is 9.76. The van der Waals surface area contributed by atoms with Crippen LogP contribution in [0.5, 0.6) is 0 Å². The first kappa shape index (κ1) is 17.5. The van der Waals surface area contributed by atoms with Crippen LogP contribution in [0.2, 0.25) is 0 Å². The molecule has 31 heavy (non-hydrogen) atoms.